The molecule has 132 valence electrons. The van der Waals surface area contributed by atoms with Gasteiger partial charge in [-0.2, -0.15) is 0 Å². The van der Waals surface area contributed by atoms with E-state index in [1.165, 1.54) is 32.1 Å². The first-order valence-electron chi connectivity index (χ1n) is 7.83. The van der Waals surface area contributed by atoms with Gasteiger partial charge in [0.15, 0.2) is 11.9 Å². The number of hydrogen-bond donors (Lipinski definition) is 7. The fourth-order valence-electron chi connectivity index (χ4n) is 2.36. The molecule has 7 nitrogen and oxygen atoms in total. The zero-order valence-corrected chi connectivity index (χ0v) is 14.5. The maximum absolute atomic E-state index is 7.15. The third kappa shape index (κ3) is 10.6. The van der Waals surface area contributed by atoms with E-state index < -0.39 is 0 Å². The van der Waals surface area contributed by atoms with Crippen LogP contribution >= 0.6 is 12.4 Å². The van der Waals surface area contributed by atoms with Gasteiger partial charge in [0.05, 0.1) is 0 Å². The average molecular weight is 336 g/mol. The Morgan fingerprint density at radius 2 is 1.64 bits per heavy atom. The van der Waals surface area contributed by atoms with Crippen molar-refractivity contribution in [1.82, 2.24) is 10.6 Å². The molecule has 0 bridgehead atoms. The maximum atomic E-state index is 7.15. The molecule has 10 N–H and O–H groups in total. The van der Waals surface area contributed by atoms with Crippen molar-refractivity contribution in [2.45, 2.75) is 51.9 Å². The molecule has 0 unspecified atom stereocenters. The summed E-state index contributed by atoms with van der Waals surface area (Å²) in [5.41, 5.74) is 16.6. The smallest absolute Gasteiger partial charge is 0.195 e. The number of hydrogen-bond acceptors (Lipinski definition) is 4. The van der Waals surface area contributed by atoms with E-state index in [-0.39, 0.29) is 24.3 Å². The minimum absolute atomic E-state index is 0. The summed E-state index contributed by atoms with van der Waals surface area (Å²) in [4.78, 5) is 0. The second-order valence-electron chi connectivity index (χ2n) is 5.66. The molecular formula is C14H34ClN7. The Kier molecular flexibility index (Phi) is 14.4. The highest BCUT2D eigenvalue weighted by molar-refractivity contribution is 5.94. The van der Waals surface area contributed by atoms with Crippen molar-refractivity contribution in [2.75, 3.05) is 19.6 Å². The lowest BCUT2D eigenvalue weighted by molar-refractivity contribution is 0.208. The quantitative estimate of drug-likeness (QED) is 0.228. The average Bonchev–Trinajstić information content (AvgIpc) is 2.48. The van der Waals surface area contributed by atoms with E-state index in [4.69, 9.17) is 28.0 Å². The molecule has 0 aromatic rings. The lowest BCUT2D eigenvalue weighted by Crippen LogP contribution is -2.43. The van der Waals surface area contributed by atoms with E-state index in [0.717, 1.165) is 32.5 Å². The van der Waals surface area contributed by atoms with Crippen LogP contribution in [0.15, 0.2) is 0 Å². The minimum atomic E-state index is -0.209. The molecule has 0 amide bonds. The van der Waals surface area contributed by atoms with Crippen molar-refractivity contribution in [3.8, 4) is 0 Å². The van der Waals surface area contributed by atoms with Gasteiger partial charge in [-0.3, -0.25) is 16.1 Å². The Morgan fingerprint density at radius 1 is 1.09 bits per heavy atom. The molecular weight excluding hydrogens is 302 g/mol. The molecule has 0 heterocycles. The van der Waals surface area contributed by atoms with Gasteiger partial charge < -0.3 is 22.5 Å². The number of unbranched alkanes of at least 4 members (excludes halogenated alkanes) is 1. The summed E-state index contributed by atoms with van der Waals surface area (Å²) < 4.78 is 0. The second-order valence-corrected chi connectivity index (χ2v) is 5.66. The van der Waals surface area contributed by atoms with Crippen molar-refractivity contribution in [3.05, 3.63) is 0 Å². The highest BCUT2D eigenvalue weighted by Gasteiger charge is 2.28. The van der Waals surface area contributed by atoms with Crippen LogP contribution in [0.5, 0.6) is 0 Å². The molecule has 0 aromatic carbocycles. The predicted octanol–water partition coefficient (Wildman–Crippen LogP) is 1.07. The van der Waals surface area contributed by atoms with Gasteiger partial charge in [-0.1, -0.05) is 32.6 Å². The first kappa shape index (κ1) is 23.2. The van der Waals surface area contributed by atoms with Crippen LogP contribution in [0.1, 0.15) is 51.9 Å². The molecule has 0 saturated heterocycles. The van der Waals surface area contributed by atoms with Crippen LogP contribution < -0.4 is 27.8 Å². The summed E-state index contributed by atoms with van der Waals surface area (Å²) >= 11 is 0. The van der Waals surface area contributed by atoms with Crippen LogP contribution in [-0.4, -0.2) is 31.6 Å². The van der Waals surface area contributed by atoms with E-state index >= 15 is 0 Å². The van der Waals surface area contributed by atoms with Crippen molar-refractivity contribution < 1.29 is 0 Å². The van der Waals surface area contributed by atoms with Gasteiger partial charge in [-0.05, 0) is 37.8 Å². The molecule has 1 saturated carbocycles. The van der Waals surface area contributed by atoms with E-state index in [2.05, 4.69) is 17.6 Å². The monoisotopic (exact) mass is 335 g/mol. The number of halogens is 1. The van der Waals surface area contributed by atoms with Crippen molar-refractivity contribution >= 4 is 24.3 Å². The molecule has 0 aliphatic heterocycles. The first-order valence-corrected chi connectivity index (χ1v) is 7.83. The Morgan fingerprint density at radius 3 is 2.00 bits per heavy atom. The Hall–Kier alpha value is -1.05. The summed E-state index contributed by atoms with van der Waals surface area (Å²) in [5, 5.41) is 19.0. The topological polar surface area (TPSA) is 150 Å². The fourth-order valence-corrected chi connectivity index (χ4v) is 2.36. The molecule has 1 fully saturated rings. The Labute approximate surface area is 140 Å². The zero-order valence-electron chi connectivity index (χ0n) is 13.7. The zero-order chi connectivity index (χ0) is 16.1. The van der Waals surface area contributed by atoms with Gasteiger partial charge >= 0.3 is 0 Å². The molecule has 8 heteroatoms. The third-order valence-electron chi connectivity index (χ3n) is 3.87. The van der Waals surface area contributed by atoms with Gasteiger partial charge in [0, 0.05) is 6.54 Å². The fraction of sp³-hybridized carbons (Fsp3) is 0.857. The van der Waals surface area contributed by atoms with Gasteiger partial charge in [-0.25, -0.2) is 0 Å². The van der Waals surface area contributed by atoms with E-state index in [1.54, 1.807) is 0 Å². The van der Waals surface area contributed by atoms with Crippen LogP contribution in [0.25, 0.3) is 0 Å². The minimum Gasteiger partial charge on any atom is -0.370 e. The number of nitrogens with two attached hydrogens (primary N) is 3. The molecule has 0 aromatic heterocycles. The number of guanidine groups is 2. The lowest BCUT2D eigenvalue weighted by Gasteiger charge is -2.34. The number of nitrogens with one attached hydrogen (secondary N) is 4. The van der Waals surface area contributed by atoms with Gasteiger partial charge in [0.1, 0.15) is 0 Å². The van der Waals surface area contributed by atoms with Crippen LogP contribution in [0, 0.1) is 16.2 Å². The van der Waals surface area contributed by atoms with Crippen LogP contribution in [0.3, 0.4) is 0 Å². The largest absolute Gasteiger partial charge is 0.370 e. The number of rotatable bonds is 5. The Bertz CT molecular complexity index is 298. The van der Waals surface area contributed by atoms with Crippen LogP contribution in [0.4, 0.5) is 0 Å². The van der Waals surface area contributed by atoms with E-state index in [9.17, 15) is 0 Å². The third-order valence-corrected chi connectivity index (χ3v) is 3.87. The van der Waals surface area contributed by atoms with Crippen molar-refractivity contribution in [2.24, 2.45) is 22.6 Å². The molecule has 0 atom stereocenters. The van der Waals surface area contributed by atoms with Gasteiger partial charge in [-0.15, -0.1) is 12.4 Å². The summed E-state index contributed by atoms with van der Waals surface area (Å²) in [7, 11) is 0. The Balaban J connectivity index is 0. The highest BCUT2D eigenvalue weighted by atomic mass is 35.5. The van der Waals surface area contributed by atoms with Gasteiger partial charge in [0.2, 0.25) is 0 Å². The van der Waals surface area contributed by atoms with Crippen molar-refractivity contribution in [3.63, 3.8) is 0 Å². The molecule has 1 rings (SSSR count). The van der Waals surface area contributed by atoms with Crippen LogP contribution in [-0.2, 0) is 0 Å². The molecule has 1 aliphatic carbocycles. The molecule has 0 spiro atoms. The summed E-state index contributed by atoms with van der Waals surface area (Å²) in [6.45, 7) is 4.38. The summed E-state index contributed by atoms with van der Waals surface area (Å²) in [5.74, 6) is -0.120. The second kappa shape index (κ2) is 13.6. The SMILES string of the molecule is CCCCNC(=N)NC(=N)N.Cl.NCC1(CN)CCCCC1. The van der Waals surface area contributed by atoms with Gasteiger partial charge in [0.25, 0.3) is 0 Å². The van der Waals surface area contributed by atoms with Crippen molar-refractivity contribution in [1.29, 1.82) is 10.8 Å². The maximum Gasteiger partial charge on any atom is 0.195 e. The molecule has 0 radical (unpaired) electrons. The standard InChI is InChI=1S/C8H18N2.C6H15N5.ClH/c9-6-8(7-10)4-2-1-3-5-8;1-2-3-4-10-6(9)11-5(7)8;/h1-7,9-10H2;2-4H2,1H3,(H6,7,8,9,10,11);1H. The normalized spacial score (nSPS) is 15.6. The lowest BCUT2D eigenvalue weighted by atomic mass is 9.74. The van der Waals surface area contributed by atoms with E-state index in [1.807, 2.05) is 0 Å². The molecule has 22 heavy (non-hydrogen) atoms. The summed E-state index contributed by atoms with van der Waals surface area (Å²) in [6.07, 6.45) is 8.63. The summed E-state index contributed by atoms with van der Waals surface area (Å²) in [6, 6.07) is 0. The molecule has 1 aliphatic rings. The highest BCUT2D eigenvalue weighted by Crippen LogP contribution is 2.33. The predicted molar refractivity (Wildman–Crippen MR) is 96.6 cm³/mol. The first-order chi connectivity index (χ1) is 9.99. The van der Waals surface area contributed by atoms with E-state index in [0.29, 0.717) is 5.41 Å². The van der Waals surface area contributed by atoms with Crippen LogP contribution in [0.2, 0.25) is 0 Å².